The van der Waals surface area contributed by atoms with E-state index in [2.05, 4.69) is 15.6 Å². The van der Waals surface area contributed by atoms with Gasteiger partial charge < -0.3 is 15.1 Å². The van der Waals surface area contributed by atoms with E-state index in [0.717, 1.165) is 15.9 Å². The van der Waals surface area contributed by atoms with Gasteiger partial charge in [0.15, 0.2) is 4.80 Å². The van der Waals surface area contributed by atoms with Crippen LogP contribution in [-0.2, 0) is 22.7 Å². The third-order valence-corrected chi connectivity index (χ3v) is 5.85. The standard InChI is InChI=1S/C21H20N4O4S/c1-12-3-4-14(9-13(12)2)24-19(27)18(26)23-11-16-6-5-15(29-16)10-17-20(28)25-8-7-22-21(25)30-17/h3-6,9-10H,7-8,11H2,1-2H3,(H,23,26)(H,24,27)/b17-10-. The maximum absolute atomic E-state index is 12.3. The summed E-state index contributed by atoms with van der Waals surface area (Å²) in [5.74, 6) is -0.537. The van der Waals surface area contributed by atoms with Crippen LogP contribution in [0.25, 0.3) is 6.08 Å². The fourth-order valence-electron chi connectivity index (χ4n) is 3.02. The molecule has 0 atom stereocenters. The second-order valence-corrected chi connectivity index (χ2v) is 7.98. The van der Waals surface area contributed by atoms with E-state index in [4.69, 9.17) is 4.42 Å². The molecule has 3 aromatic rings. The summed E-state index contributed by atoms with van der Waals surface area (Å²) >= 11 is 1.32. The molecule has 1 aromatic carbocycles. The Morgan fingerprint density at radius 3 is 2.80 bits per heavy atom. The maximum atomic E-state index is 12.3. The number of carbonyl (C=O) groups excluding carboxylic acids is 2. The number of carbonyl (C=O) groups is 2. The van der Waals surface area contributed by atoms with Crippen molar-refractivity contribution in [2.24, 2.45) is 4.99 Å². The lowest BCUT2D eigenvalue weighted by Gasteiger charge is -2.07. The Balaban J connectivity index is 1.38. The molecule has 154 valence electrons. The number of benzene rings is 1. The van der Waals surface area contributed by atoms with Crippen molar-refractivity contribution in [3.05, 3.63) is 72.7 Å². The number of amides is 2. The first-order valence-electron chi connectivity index (χ1n) is 9.42. The molecule has 1 aliphatic heterocycles. The first-order valence-corrected chi connectivity index (χ1v) is 10.2. The lowest BCUT2D eigenvalue weighted by atomic mass is 10.1. The minimum absolute atomic E-state index is 0.0578. The van der Waals surface area contributed by atoms with Gasteiger partial charge in [-0.3, -0.25) is 23.9 Å². The van der Waals surface area contributed by atoms with Crippen LogP contribution in [0.1, 0.15) is 22.6 Å². The minimum Gasteiger partial charge on any atom is -0.460 e. The fourth-order valence-corrected chi connectivity index (χ4v) is 4.03. The van der Waals surface area contributed by atoms with Gasteiger partial charge in [-0.25, -0.2) is 0 Å². The van der Waals surface area contributed by atoms with Crippen LogP contribution in [0.3, 0.4) is 0 Å². The molecule has 30 heavy (non-hydrogen) atoms. The topological polar surface area (TPSA) is 106 Å². The molecule has 4 rings (SSSR count). The van der Waals surface area contributed by atoms with Gasteiger partial charge in [-0.15, -0.1) is 0 Å². The molecule has 2 aromatic heterocycles. The molecule has 1 aliphatic rings. The SMILES string of the molecule is Cc1ccc(NC(=O)C(=O)NCc2ccc(/C=c3\sc4n(c3=O)CCN=4)o2)cc1C. The molecular weight excluding hydrogens is 404 g/mol. The number of anilines is 1. The molecule has 0 saturated heterocycles. The Morgan fingerprint density at radius 1 is 1.20 bits per heavy atom. The average Bonchev–Trinajstić information content (AvgIpc) is 3.42. The van der Waals surface area contributed by atoms with Gasteiger partial charge in [0.1, 0.15) is 11.5 Å². The van der Waals surface area contributed by atoms with Gasteiger partial charge in [0.05, 0.1) is 17.6 Å². The van der Waals surface area contributed by atoms with Crippen molar-refractivity contribution in [1.82, 2.24) is 9.88 Å². The Hall–Kier alpha value is -3.46. The van der Waals surface area contributed by atoms with Crippen LogP contribution in [-0.4, -0.2) is 22.9 Å². The van der Waals surface area contributed by atoms with Crippen LogP contribution in [0, 0.1) is 13.8 Å². The van der Waals surface area contributed by atoms with Gasteiger partial charge in [0, 0.05) is 18.3 Å². The molecule has 0 unspecified atom stereocenters. The molecule has 0 fully saturated rings. The quantitative estimate of drug-likeness (QED) is 0.606. The number of furan rings is 1. The Kier molecular flexibility index (Phi) is 5.37. The van der Waals surface area contributed by atoms with Crippen LogP contribution in [0.4, 0.5) is 5.69 Å². The summed E-state index contributed by atoms with van der Waals surface area (Å²) in [5, 5.41) is 5.10. The molecule has 8 nitrogen and oxygen atoms in total. The molecule has 0 saturated carbocycles. The first kappa shape index (κ1) is 19.8. The van der Waals surface area contributed by atoms with Crippen LogP contribution >= 0.6 is 11.3 Å². The monoisotopic (exact) mass is 424 g/mol. The molecule has 0 aliphatic carbocycles. The third-order valence-electron chi connectivity index (χ3n) is 4.81. The predicted octanol–water partition coefficient (Wildman–Crippen LogP) is 0.837. The molecule has 2 amide bonds. The van der Waals surface area contributed by atoms with Crippen molar-refractivity contribution in [2.45, 2.75) is 26.9 Å². The van der Waals surface area contributed by atoms with Crippen LogP contribution in [0.2, 0.25) is 0 Å². The number of hydrogen-bond acceptors (Lipinski definition) is 6. The third kappa shape index (κ3) is 4.11. The molecule has 0 radical (unpaired) electrons. The summed E-state index contributed by atoms with van der Waals surface area (Å²) in [7, 11) is 0. The highest BCUT2D eigenvalue weighted by Gasteiger charge is 2.15. The number of nitrogens with one attached hydrogen (secondary N) is 2. The lowest BCUT2D eigenvalue weighted by molar-refractivity contribution is -0.136. The largest absolute Gasteiger partial charge is 0.460 e. The van der Waals surface area contributed by atoms with Crippen molar-refractivity contribution in [3.63, 3.8) is 0 Å². The Labute approximate surface area is 175 Å². The highest BCUT2D eigenvalue weighted by Crippen LogP contribution is 2.14. The minimum atomic E-state index is -0.760. The van der Waals surface area contributed by atoms with Crippen LogP contribution < -0.4 is 25.5 Å². The van der Waals surface area contributed by atoms with E-state index in [9.17, 15) is 14.4 Å². The summed E-state index contributed by atoms with van der Waals surface area (Å²) in [6, 6.07) is 8.84. The zero-order valence-electron chi connectivity index (χ0n) is 16.5. The summed E-state index contributed by atoms with van der Waals surface area (Å²) < 4.78 is 7.84. The highest BCUT2D eigenvalue weighted by molar-refractivity contribution is 7.07. The van der Waals surface area contributed by atoms with Crippen LogP contribution in [0.15, 0.2) is 44.5 Å². The summed E-state index contributed by atoms with van der Waals surface area (Å²) in [4.78, 5) is 41.4. The van der Waals surface area contributed by atoms with Crippen molar-refractivity contribution < 1.29 is 14.0 Å². The first-order chi connectivity index (χ1) is 14.4. The van der Waals surface area contributed by atoms with E-state index in [1.54, 1.807) is 28.8 Å². The number of thiazole rings is 1. The highest BCUT2D eigenvalue weighted by atomic mass is 32.1. The number of fused-ring (bicyclic) bond motifs is 1. The second kappa shape index (κ2) is 8.11. The normalized spacial score (nSPS) is 13.1. The van der Waals surface area contributed by atoms with Crippen molar-refractivity contribution in [1.29, 1.82) is 0 Å². The van der Waals surface area contributed by atoms with Crippen molar-refractivity contribution >= 4 is 34.9 Å². The molecule has 9 heteroatoms. The zero-order chi connectivity index (χ0) is 21.3. The lowest BCUT2D eigenvalue weighted by Crippen LogP contribution is -2.34. The van der Waals surface area contributed by atoms with E-state index in [0.29, 0.717) is 34.8 Å². The van der Waals surface area contributed by atoms with Gasteiger partial charge in [-0.2, -0.15) is 0 Å². The van der Waals surface area contributed by atoms with Crippen LogP contribution in [0.5, 0.6) is 0 Å². The summed E-state index contributed by atoms with van der Waals surface area (Å²) in [5.41, 5.74) is 2.61. The molecular formula is C21H20N4O4S. The van der Waals surface area contributed by atoms with E-state index in [-0.39, 0.29) is 12.1 Å². The van der Waals surface area contributed by atoms with Gasteiger partial charge in [0.2, 0.25) is 0 Å². The number of rotatable bonds is 4. The van der Waals surface area contributed by atoms with E-state index < -0.39 is 11.8 Å². The molecule has 2 N–H and O–H groups in total. The molecule has 3 heterocycles. The smallest absolute Gasteiger partial charge is 0.313 e. The van der Waals surface area contributed by atoms with E-state index in [1.165, 1.54) is 11.3 Å². The number of aryl methyl sites for hydroxylation is 2. The maximum Gasteiger partial charge on any atom is 0.313 e. The van der Waals surface area contributed by atoms with Gasteiger partial charge in [-0.05, 0) is 49.2 Å². The van der Waals surface area contributed by atoms with Crippen molar-refractivity contribution in [2.75, 3.05) is 11.9 Å². The van der Waals surface area contributed by atoms with Gasteiger partial charge in [-0.1, -0.05) is 17.4 Å². The van der Waals surface area contributed by atoms with Crippen molar-refractivity contribution in [3.8, 4) is 0 Å². The second-order valence-electron chi connectivity index (χ2n) is 6.97. The van der Waals surface area contributed by atoms with Gasteiger partial charge in [0.25, 0.3) is 5.56 Å². The Morgan fingerprint density at radius 2 is 2.03 bits per heavy atom. The van der Waals surface area contributed by atoms with E-state index in [1.807, 2.05) is 26.0 Å². The number of nitrogens with zero attached hydrogens (tertiary/aromatic N) is 2. The number of hydrogen-bond donors (Lipinski definition) is 2. The fraction of sp³-hybridized carbons (Fsp3) is 0.238. The van der Waals surface area contributed by atoms with Gasteiger partial charge >= 0.3 is 11.8 Å². The number of aromatic nitrogens is 1. The predicted molar refractivity (Wildman–Crippen MR) is 113 cm³/mol. The average molecular weight is 424 g/mol. The molecule has 0 spiro atoms. The zero-order valence-corrected chi connectivity index (χ0v) is 17.3. The summed E-state index contributed by atoms with van der Waals surface area (Å²) in [6.07, 6.45) is 1.66. The van der Waals surface area contributed by atoms with E-state index >= 15 is 0 Å². The molecule has 0 bridgehead atoms. The summed E-state index contributed by atoms with van der Waals surface area (Å²) in [6.45, 7) is 5.22. The Bertz CT molecular complexity index is 1320.